The molecular formula is C16H23NO3. The first kappa shape index (κ1) is 14.9. The van der Waals surface area contributed by atoms with E-state index < -0.39 is 5.60 Å². The number of nitrogens with one attached hydrogen (secondary N) is 1. The van der Waals surface area contributed by atoms with E-state index in [1.54, 1.807) is 0 Å². The van der Waals surface area contributed by atoms with Gasteiger partial charge in [0.15, 0.2) is 0 Å². The van der Waals surface area contributed by atoms with Crippen molar-refractivity contribution in [1.82, 2.24) is 5.32 Å². The lowest BCUT2D eigenvalue weighted by Gasteiger charge is -2.36. The molecule has 2 N–H and O–H groups in total. The molecule has 0 aliphatic heterocycles. The number of carbonyl (C=O) groups excluding carboxylic acids is 1. The maximum Gasteiger partial charge on any atom is 0.220 e. The number of ether oxygens (including phenoxy) is 1. The highest BCUT2D eigenvalue weighted by Gasteiger charge is 2.34. The van der Waals surface area contributed by atoms with Crippen LogP contribution in [0.3, 0.4) is 0 Å². The molecule has 1 amide bonds. The zero-order valence-electron chi connectivity index (χ0n) is 12.0. The van der Waals surface area contributed by atoms with E-state index in [0.29, 0.717) is 26.0 Å². The summed E-state index contributed by atoms with van der Waals surface area (Å²) in [5, 5.41) is 12.7. The van der Waals surface area contributed by atoms with Crippen LogP contribution in [0.4, 0.5) is 0 Å². The van der Waals surface area contributed by atoms with Crippen molar-refractivity contribution in [2.75, 3.05) is 13.2 Å². The lowest BCUT2D eigenvalue weighted by atomic mass is 9.80. The van der Waals surface area contributed by atoms with E-state index >= 15 is 0 Å². The van der Waals surface area contributed by atoms with E-state index in [1.807, 2.05) is 31.2 Å². The third-order valence-electron chi connectivity index (χ3n) is 3.71. The van der Waals surface area contributed by atoms with Crippen molar-refractivity contribution in [3.05, 3.63) is 29.8 Å². The van der Waals surface area contributed by atoms with Gasteiger partial charge in [0.2, 0.25) is 5.91 Å². The molecular weight excluding hydrogens is 254 g/mol. The van der Waals surface area contributed by atoms with Crippen LogP contribution in [-0.2, 0) is 4.79 Å². The molecule has 2 rings (SSSR count). The second kappa shape index (κ2) is 6.75. The van der Waals surface area contributed by atoms with E-state index in [4.69, 9.17) is 4.74 Å². The minimum Gasteiger partial charge on any atom is -0.494 e. The molecule has 1 saturated carbocycles. The molecule has 1 aliphatic rings. The number of carbonyl (C=O) groups is 1. The van der Waals surface area contributed by atoms with Gasteiger partial charge in [-0.05, 0) is 50.3 Å². The van der Waals surface area contributed by atoms with Crippen LogP contribution in [-0.4, -0.2) is 29.8 Å². The third-order valence-corrected chi connectivity index (χ3v) is 3.71. The van der Waals surface area contributed by atoms with Crippen molar-refractivity contribution < 1.29 is 14.6 Å². The van der Waals surface area contributed by atoms with Crippen molar-refractivity contribution in [1.29, 1.82) is 0 Å². The summed E-state index contributed by atoms with van der Waals surface area (Å²) in [7, 11) is 0. The Hall–Kier alpha value is -1.55. The van der Waals surface area contributed by atoms with Gasteiger partial charge in [0.05, 0.1) is 12.2 Å². The average molecular weight is 277 g/mol. The molecule has 4 nitrogen and oxygen atoms in total. The van der Waals surface area contributed by atoms with Gasteiger partial charge in [0.1, 0.15) is 5.75 Å². The predicted octanol–water partition coefficient (Wildman–Crippen LogP) is 2.19. The number of benzene rings is 1. The Morgan fingerprint density at radius 1 is 1.45 bits per heavy atom. The van der Waals surface area contributed by atoms with E-state index in [2.05, 4.69) is 5.32 Å². The maximum atomic E-state index is 11.6. The van der Waals surface area contributed by atoms with Crippen LogP contribution in [0.15, 0.2) is 24.3 Å². The zero-order chi connectivity index (χ0) is 14.4. The van der Waals surface area contributed by atoms with Crippen molar-refractivity contribution in [2.24, 2.45) is 0 Å². The second-order valence-electron chi connectivity index (χ2n) is 5.62. The van der Waals surface area contributed by atoms with Crippen LogP contribution in [0.25, 0.3) is 0 Å². The Balaban J connectivity index is 1.57. The van der Waals surface area contributed by atoms with Gasteiger partial charge < -0.3 is 15.2 Å². The molecule has 0 bridgehead atoms. The van der Waals surface area contributed by atoms with Gasteiger partial charge in [-0.1, -0.05) is 12.1 Å². The van der Waals surface area contributed by atoms with E-state index in [-0.39, 0.29) is 5.91 Å². The fraction of sp³-hybridized carbons (Fsp3) is 0.562. The van der Waals surface area contributed by atoms with E-state index in [1.165, 1.54) is 0 Å². The summed E-state index contributed by atoms with van der Waals surface area (Å²) in [4.78, 5) is 11.6. The number of aryl methyl sites for hydroxylation is 1. The minimum absolute atomic E-state index is 0.0156. The summed E-state index contributed by atoms with van der Waals surface area (Å²) in [5.74, 6) is 0.826. The Bertz CT molecular complexity index is 455. The van der Waals surface area contributed by atoms with Gasteiger partial charge in [-0.25, -0.2) is 0 Å². The van der Waals surface area contributed by atoms with Crippen molar-refractivity contribution in [2.45, 2.75) is 44.6 Å². The number of rotatable bonds is 7. The number of amides is 1. The molecule has 1 aromatic rings. The summed E-state index contributed by atoms with van der Waals surface area (Å²) < 4.78 is 5.59. The van der Waals surface area contributed by atoms with Gasteiger partial charge in [0.25, 0.3) is 0 Å². The van der Waals surface area contributed by atoms with Crippen LogP contribution in [0.2, 0.25) is 0 Å². The fourth-order valence-electron chi connectivity index (χ4n) is 2.24. The van der Waals surface area contributed by atoms with Gasteiger partial charge in [-0.3, -0.25) is 4.79 Å². The van der Waals surface area contributed by atoms with Crippen molar-refractivity contribution >= 4 is 5.91 Å². The molecule has 20 heavy (non-hydrogen) atoms. The minimum atomic E-state index is -0.645. The first-order chi connectivity index (χ1) is 9.57. The Morgan fingerprint density at radius 2 is 2.25 bits per heavy atom. The molecule has 110 valence electrons. The van der Waals surface area contributed by atoms with Crippen LogP contribution >= 0.6 is 0 Å². The summed E-state index contributed by atoms with van der Waals surface area (Å²) in [5.41, 5.74) is 0.516. The standard InChI is InChI=1S/C16H23NO3/c1-13-5-2-6-14(11-13)20-10-3-7-15(18)17-12-16(19)8-4-9-16/h2,5-6,11,19H,3-4,7-10,12H2,1H3,(H,17,18). The lowest BCUT2D eigenvalue weighted by molar-refractivity contribution is -0.123. The molecule has 4 heteroatoms. The van der Waals surface area contributed by atoms with E-state index in [9.17, 15) is 9.90 Å². The Kier molecular flexibility index (Phi) is 5.01. The summed E-state index contributed by atoms with van der Waals surface area (Å²) in [6.07, 6.45) is 3.75. The summed E-state index contributed by atoms with van der Waals surface area (Å²) in [6, 6.07) is 7.87. The largest absolute Gasteiger partial charge is 0.494 e. The van der Waals surface area contributed by atoms with Gasteiger partial charge in [0, 0.05) is 13.0 Å². The lowest BCUT2D eigenvalue weighted by Crippen LogP contribution is -2.47. The monoisotopic (exact) mass is 277 g/mol. The second-order valence-corrected chi connectivity index (χ2v) is 5.62. The highest BCUT2D eigenvalue weighted by atomic mass is 16.5. The average Bonchev–Trinajstić information content (AvgIpc) is 2.39. The van der Waals surface area contributed by atoms with Gasteiger partial charge in [-0.15, -0.1) is 0 Å². The highest BCUT2D eigenvalue weighted by molar-refractivity contribution is 5.75. The predicted molar refractivity (Wildman–Crippen MR) is 77.7 cm³/mol. The Morgan fingerprint density at radius 3 is 2.90 bits per heavy atom. The van der Waals surface area contributed by atoms with Crippen LogP contribution in [0.1, 0.15) is 37.7 Å². The van der Waals surface area contributed by atoms with Crippen LogP contribution < -0.4 is 10.1 Å². The molecule has 0 atom stereocenters. The quantitative estimate of drug-likeness (QED) is 0.751. The van der Waals surface area contributed by atoms with Crippen LogP contribution in [0, 0.1) is 6.92 Å². The molecule has 1 aromatic carbocycles. The summed E-state index contributed by atoms with van der Waals surface area (Å²) in [6.45, 7) is 2.93. The molecule has 1 aliphatic carbocycles. The van der Waals surface area contributed by atoms with Crippen LogP contribution in [0.5, 0.6) is 5.75 Å². The molecule has 0 heterocycles. The van der Waals surface area contributed by atoms with Crippen molar-refractivity contribution in [3.8, 4) is 5.75 Å². The van der Waals surface area contributed by atoms with E-state index in [0.717, 1.165) is 30.6 Å². The first-order valence-corrected chi connectivity index (χ1v) is 7.26. The maximum absolute atomic E-state index is 11.6. The zero-order valence-corrected chi connectivity index (χ0v) is 12.0. The molecule has 0 aromatic heterocycles. The Labute approximate surface area is 120 Å². The summed E-state index contributed by atoms with van der Waals surface area (Å²) >= 11 is 0. The third kappa shape index (κ3) is 4.53. The molecule has 0 saturated heterocycles. The molecule has 0 radical (unpaired) electrons. The number of aliphatic hydroxyl groups is 1. The molecule has 0 spiro atoms. The van der Waals surface area contributed by atoms with Crippen molar-refractivity contribution in [3.63, 3.8) is 0 Å². The SMILES string of the molecule is Cc1cccc(OCCCC(=O)NCC2(O)CCC2)c1. The normalized spacial score (nSPS) is 16.3. The van der Waals surface area contributed by atoms with Gasteiger partial charge in [-0.2, -0.15) is 0 Å². The number of hydrogen-bond donors (Lipinski definition) is 2. The molecule has 0 unspecified atom stereocenters. The molecule has 1 fully saturated rings. The number of hydrogen-bond acceptors (Lipinski definition) is 3. The van der Waals surface area contributed by atoms with Gasteiger partial charge >= 0.3 is 0 Å². The highest BCUT2D eigenvalue weighted by Crippen LogP contribution is 2.30. The fourth-order valence-corrected chi connectivity index (χ4v) is 2.24. The topological polar surface area (TPSA) is 58.6 Å². The smallest absolute Gasteiger partial charge is 0.220 e. The first-order valence-electron chi connectivity index (χ1n) is 7.26.